The number of sulfonamides is 1. The molecule has 1 aromatic heterocycles. The fraction of sp³-hybridized carbons (Fsp3) is 0.174. The number of benzene rings is 3. The Hall–Kier alpha value is -3.00. The molecule has 4 rings (SSSR count). The Bertz CT molecular complexity index is 1200. The Morgan fingerprint density at radius 2 is 1.60 bits per heavy atom. The van der Waals surface area contributed by atoms with Gasteiger partial charge in [0.05, 0.1) is 22.5 Å². The number of imidazole rings is 1. The van der Waals surface area contributed by atoms with Crippen molar-refractivity contribution in [2.24, 2.45) is 0 Å². The minimum Gasteiger partial charge on any atom is -0.341 e. The lowest BCUT2D eigenvalue weighted by molar-refractivity contribution is 0.458. The number of hydrogen-bond donors (Lipinski definition) is 2. The molecule has 0 radical (unpaired) electrons. The molecule has 0 aliphatic carbocycles. The van der Waals surface area contributed by atoms with Gasteiger partial charge in [0.1, 0.15) is 5.82 Å². The van der Waals surface area contributed by atoms with Crippen LogP contribution in [0.2, 0.25) is 0 Å². The van der Waals surface area contributed by atoms with E-state index in [0.29, 0.717) is 12.4 Å². The van der Waals surface area contributed by atoms with Gasteiger partial charge in [0, 0.05) is 20.1 Å². The summed E-state index contributed by atoms with van der Waals surface area (Å²) in [6.45, 7) is 1.49. The largest absolute Gasteiger partial charge is 0.341 e. The van der Waals surface area contributed by atoms with E-state index in [1.165, 1.54) is 9.87 Å². The molecular formula is C23H24N4O2S. The molecule has 0 saturated carbocycles. The first kappa shape index (κ1) is 20.3. The molecule has 0 aliphatic heterocycles. The van der Waals surface area contributed by atoms with Crippen molar-refractivity contribution in [3.8, 4) is 0 Å². The van der Waals surface area contributed by atoms with E-state index in [0.717, 1.165) is 23.1 Å². The topological polar surface area (TPSA) is 78.1 Å². The maximum atomic E-state index is 13.1. The van der Waals surface area contributed by atoms with Crippen LogP contribution in [0, 0.1) is 0 Å². The second kappa shape index (κ2) is 8.79. The first-order chi connectivity index (χ1) is 14.5. The second-order valence-corrected chi connectivity index (χ2v) is 9.24. The smallest absolute Gasteiger partial charge is 0.243 e. The Kier molecular flexibility index (Phi) is 5.94. The number of nitrogens with one attached hydrogen (secondary N) is 2. The molecule has 154 valence electrons. The van der Waals surface area contributed by atoms with Crippen LogP contribution in [0.4, 0.5) is 0 Å². The molecule has 0 unspecified atom stereocenters. The summed E-state index contributed by atoms with van der Waals surface area (Å²) in [4.78, 5) is 7.93. The van der Waals surface area contributed by atoms with Crippen LogP contribution in [0.1, 0.15) is 17.0 Å². The summed E-state index contributed by atoms with van der Waals surface area (Å²) in [6, 6.07) is 24.8. The van der Waals surface area contributed by atoms with Crippen LogP contribution in [0.5, 0.6) is 0 Å². The summed E-state index contributed by atoms with van der Waals surface area (Å²) in [7, 11) is -2.06. The molecule has 6 nitrogen and oxygen atoms in total. The average molecular weight is 421 g/mol. The van der Waals surface area contributed by atoms with Crippen molar-refractivity contribution in [2.45, 2.75) is 24.5 Å². The maximum absolute atomic E-state index is 13.1. The Morgan fingerprint density at radius 3 is 2.40 bits per heavy atom. The molecule has 0 bridgehead atoms. The molecular weight excluding hydrogens is 396 g/mol. The molecule has 0 amide bonds. The quantitative estimate of drug-likeness (QED) is 0.456. The molecule has 1 heterocycles. The lowest BCUT2D eigenvalue weighted by atomic mass is 10.2. The number of fused-ring (bicyclic) bond motifs is 1. The number of rotatable bonds is 8. The van der Waals surface area contributed by atoms with Crippen LogP contribution in [-0.4, -0.2) is 29.7 Å². The van der Waals surface area contributed by atoms with E-state index in [1.807, 2.05) is 48.5 Å². The highest BCUT2D eigenvalue weighted by molar-refractivity contribution is 7.89. The summed E-state index contributed by atoms with van der Waals surface area (Å²) < 4.78 is 27.4. The van der Waals surface area contributed by atoms with Crippen molar-refractivity contribution in [1.29, 1.82) is 0 Å². The summed E-state index contributed by atoms with van der Waals surface area (Å²) >= 11 is 0. The van der Waals surface area contributed by atoms with Crippen molar-refractivity contribution in [1.82, 2.24) is 19.6 Å². The number of nitrogens with zero attached hydrogens (tertiary/aromatic N) is 2. The highest BCUT2D eigenvalue weighted by atomic mass is 32.2. The van der Waals surface area contributed by atoms with E-state index in [2.05, 4.69) is 27.4 Å². The Labute approximate surface area is 176 Å². The molecule has 0 fully saturated rings. The van der Waals surface area contributed by atoms with Gasteiger partial charge in [-0.2, -0.15) is 4.31 Å². The van der Waals surface area contributed by atoms with Crippen molar-refractivity contribution in [2.75, 3.05) is 7.05 Å². The zero-order chi connectivity index (χ0) is 21.0. The molecule has 0 atom stereocenters. The molecule has 0 spiro atoms. The van der Waals surface area contributed by atoms with Crippen LogP contribution in [0.3, 0.4) is 0 Å². The zero-order valence-corrected chi connectivity index (χ0v) is 17.6. The highest BCUT2D eigenvalue weighted by Gasteiger charge is 2.22. The highest BCUT2D eigenvalue weighted by Crippen LogP contribution is 2.19. The fourth-order valence-corrected chi connectivity index (χ4v) is 4.52. The van der Waals surface area contributed by atoms with E-state index in [-0.39, 0.29) is 11.4 Å². The SMILES string of the molecule is CN(Cc1nc2ccccc2[nH]1)S(=O)(=O)c1cccc(CNCc2ccccc2)c1. The van der Waals surface area contributed by atoms with Gasteiger partial charge in [0.25, 0.3) is 0 Å². The number of H-pyrrole nitrogens is 1. The third kappa shape index (κ3) is 4.59. The van der Waals surface area contributed by atoms with E-state index in [9.17, 15) is 8.42 Å². The van der Waals surface area contributed by atoms with Crippen molar-refractivity contribution in [3.05, 3.63) is 95.8 Å². The Morgan fingerprint density at radius 1 is 0.900 bits per heavy atom. The van der Waals surface area contributed by atoms with Gasteiger partial charge < -0.3 is 10.3 Å². The van der Waals surface area contributed by atoms with E-state index in [1.54, 1.807) is 25.2 Å². The third-order valence-electron chi connectivity index (χ3n) is 4.92. The second-order valence-electron chi connectivity index (χ2n) is 7.20. The molecule has 2 N–H and O–H groups in total. The number of aromatic nitrogens is 2. The maximum Gasteiger partial charge on any atom is 0.243 e. The summed E-state index contributed by atoms with van der Waals surface area (Å²) in [5, 5.41) is 3.36. The van der Waals surface area contributed by atoms with Gasteiger partial charge in [-0.1, -0.05) is 54.6 Å². The van der Waals surface area contributed by atoms with E-state index >= 15 is 0 Å². The van der Waals surface area contributed by atoms with Crippen molar-refractivity contribution >= 4 is 21.1 Å². The van der Waals surface area contributed by atoms with Crippen molar-refractivity contribution in [3.63, 3.8) is 0 Å². The van der Waals surface area contributed by atoms with Gasteiger partial charge >= 0.3 is 0 Å². The molecule has 7 heteroatoms. The monoisotopic (exact) mass is 420 g/mol. The predicted molar refractivity (Wildman–Crippen MR) is 118 cm³/mol. The first-order valence-corrected chi connectivity index (χ1v) is 11.2. The molecule has 0 aliphatic rings. The lowest BCUT2D eigenvalue weighted by Crippen LogP contribution is -2.27. The molecule has 0 saturated heterocycles. The first-order valence-electron chi connectivity index (χ1n) is 9.76. The third-order valence-corrected chi connectivity index (χ3v) is 6.72. The number of hydrogen-bond acceptors (Lipinski definition) is 4. The zero-order valence-electron chi connectivity index (χ0n) is 16.7. The van der Waals surface area contributed by atoms with E-state index < -0.39 is 10.0 Å². The normalized spacial score (nSPS) is 11.9. The number of aromatic amines is 1. The predicted octanol–water partition coefficient (Wildman–Crippen LogP) is 3.67. The summed E-state index contributed by atoms with van der Waals surface area (Å²) in [5.74, 6) is 0.614. The summed E-state index contributed by atoms with van der Waals surface area (Å²) in [5.41, 5.74) is 3.82. The van der Waals surface area contributed by atoms with Gasteiger partial charge in [0.2, 0.25) is 10.0 Å². The molecule has 4 aromatic rings. The van der Waals surface area contributed by atoms with Gasteiger partial charge in [0.15, 0.2) is 0 Å². The number of para-hydroxylation sites is 2. The summed E-state index contributed by atoms with van der Waals surface area (Å²) in [6.07, 6.45) is 0. The molecule has 30 heavy (non-hydrogen) atoms. The molecule has 3 aromatic carbocycles. The van der Waals surface area contributed by atoms with Crippen LogP contribution in [0.25, 0.3) is 11.0 Å². The van der Waals surface area contributed by atoms with Gasteiger partial charge in [-0.25, -0.2) is 13.4 Å². The lowest BCUT2D eigenvalue weighted by Gasteiger charge is -2.16. The minimum atomic E-state index is -3.63. The van der Waals surface area contributed by atoms with Gasteiger partial charge in [-0.3, -0.25) is 0 Å². The van der Waals surface area contributed by atoms with Crippen LogP contribution in [0.15, 0.2) is 83.8 Å². The minimum absolute atomic E-state index is 0.174. The van der Waals surface area contributed by atoms with Crippen LogP contribution in [-0.2, 0) is 29.7 Å². The standard InChI is InChI=1S/C23H24N4O2S/c1-27(17-23-25-21-12-5-6-13-22(21)26-23)30(28,29)20-11-7-10-19(14-20)16-24-15-18-8-3-2-4-9-18/h2-14,24H,15-17H2,1H3,(H,25,26). The average Bonchev–Trinajstić information content (AvgIpc) is 3.17. The Balaban J connectivity index is 1.44. The van der Waals surface area contributed by atoms with Gasteiger partial charge in [-0.15, -0.1) is 0 Å². The van der Waals surface area contributed by atoms with Gasteiger partial charge in [-0.05, 0) is 35.4 Å². The fourth-order valence-electron chi connectivity index (χ4n) is 3.32. The van der Waals surface area contributed by atoms with Crippen LogP contribution < -0.4 is 5.32 Å². The van der Waals surface area contributed by atoms with Crippen molar-refractivity contribution < 1.29 is 8.42 Å². The van der Waals surface area contributed by atoms with Crippen LogP contribution >= 0.6 is 0 Å². The van der Waals surface area contributed by atoms with E-state index in [4.69, 9.17) is 0 Å².